The largest absolute Gasteiger partial charge is 3.00 e. The normalized spacial score (nSPS) is 11.7. The summed E-state index contributed by atoms with van der Waals surface area (Å²) in [6.45, 7) is 13.1. The topological polar surface area (TPSA) is 120 Å². The molecule has 0 fully saturated rings. The average Bonchev–Trinajstić information content (AvgIpc) is 3.08. The molecule has 0 aromatic heterocycles. The molecule has 0 amide bonds. The molecule has 0 aromatic carbocycles. The van der Waals surface area contributed by atoms with Crippen molar-refractivity contribution < 1.29 is 70.1 Å². The van der Waals surface area contributed by atoms with Gasteiger partial charge in [-0.15, -0.1) is 0 Å². The summed E-state index contributed by atoms with van der Waals surface area (Å²) in [5, 5.41) is 0. The molecule has 0 aromatic rings. The minimum absolute atomic E-state index is 0. The van der Waals surface area contributed by atoms with Crippen LogP contribution in [0.2, 0.25) is 0 Å². The molecule has 0 unspecified atom stereocenters. The van der Waals surface area contributed by atoms with E-state index in [2.05, 4.69) is 41.5 Å². The van der Waals surface area contributed by atoms with Crippen molar-refractivity contribution in [2.24, 2.45) is 0 Å². The number of hydrogen-bond donors (Lipinski definition) is 0. The molecule has 0 aliphatic rings. The van der Waals surface area contributed by atoms with Gasteiger partial charge in [-0.25, -0.2) is 0 Å². The van der Waals surface area contributed by atoms with Crippen molar-refractivity contribution in [3.63, 3.8) is 0 Å². The van der Waals surface area contributed by atoms with Gasteiger partial charge in [0.15, 0.2) is 0 Å². The number of rotatable bonds is 36. The van der Waals surface area contributed by atoms with Crippen molar-refractivity contribution in [2.75, 3.05) is 37.0 Å². The molecule has 0 heterocycles. The molecule has 0 atom stereocenters. The minimum atomic E-state index is -3.04. The molecule has 0 saturated carbocycles. The van der Waals surface area contributed by atoms with Crippen molar-refractivity contribution in [3.05, 3.63) is 0 Å². The first-order valence-electron chi connectivity index (χ1n) is 22.2. The van der Waals surface area contributed by atoms with Crippen molar-refractivity contribution >= 4 is 22.1 Å². The van der Waals surface area contributed by atoms with Crippen LogP contribution >= 0.6 is 22.1 Å². The molecule has 0 N–H and O–H groups in total. The van der Waals surface area contributed by atoms with E-state index >= 15 is 0 Å². The molecule has 6 nitrogen and oxygen atoms in total. The Hall–Kier alpha value is 1.95. The van der Waals surface area contributed by atoms with Gasteiger partial charge in [-0.1, -0.05) is 196 Å². The van der Waals surface area contributed by atoms with E-state index in [1.165, 1.54) is 116 Å². The monoisotopic (exact) mass is 924 g/mol. The molecule has 0 bridgehead atoms. The molecule has 313 valence electrons. The van der Waals surface area contributed by atoms with Crippen LogP contribution in [0, 0.1) is 41.7 Å². The van der Waals surface area contributed by atoms with Crippen LogP contribution in [0.4, 0.5) is 0 Å². The van der Waals surface area contributed by atoms with Gasteiger partial charge in [0.25, 0.3) is 0 Å². The maximum Gasteiger partial charge on any atom is 3.00 e. The fourth-order valence-electron chi connectivity index (χ4n) is 6.07. The maximum absolute atomic E-state index is 11.7. The molecule has 0 aliphatic carbocycles. The van der Waals surface area contributed by atoms with E-state index in [0.29, 0.717) is 37.0 Å². The van der Waals surface area contributed by atoms with Crippen LogP contribution in [-0.4, -0.2) is 37.0 Å². The van der Waals surface area contributed by atoms with Crippen LogP contribution in [0.25, 0.3) is 0 Å². The Labute approximate surface area is 360 Å². The van der Waals surface area contributed by atoms with Gasteiger partial charge < -0.3 is 28.4 Å². The molecular formula is C42H90CeO6P3. The Kier molecular flexibility index (Phi) is 53.2. The third-order valence-electron chi connectivity index (χ3n) is 9.61. The van der Waals surface area contributed by atoms with E-state index in [0.717, 1.165) is 77.0 Å². The second-order valence-electron chi connectivity index (χ2n) is 15.3. The smallest absolute Gasteiger partial charge is 0.799 e. The van der Waals surface area contributed by atoms with E-state index in [1.807, 2.05) is 0 Å². The Balaban J connectivity index is -0.000000329. The summed E-state index contributed by atoms with van der Waals surface area (Å²) in [7, 11) is -9.12. The van der Waals surface area contributed by atoms with Crippen LogP contribution in [0.15, 0.2) is 0 Å². The second kappa shape index (κ2) is 45.6. The van der Waals surface area contributed by atoms with E-state index in [4.69, 9.17) is 0 Å². The Bertz CT molecular complexity index is 671. The summed E-state index contributed by atoms with van der Waals surface area (Å²) in [5.41, 5.74) is 0. The summed E-state index contributed by atoms with van der Waals surface area (Å²) in [6, 6.07) is 0. The standard InChI is InChI=1S/3C14H31O2P.Ce/c3*1-3-5-7-9-11-13-17(15,16)14-12-10-8-6-4-2;/h3*3-14H2,1-2H3,(H,15,16);/q;;;+3/p-3. The molecule has 0 rings (SSSR count). The first-order chi connectivity index (χ1) is 24.4. The molecule has 1 radical (unpaired) electrons. The fraction of sp³-hybridized carbons (Fsp3) is 1.00. The molecule has 0 spiro atoms. The molecule has 0 aliphatic heterocycles. The van der Waals surface area contributed by atoms with Gasteiger partial charge in [0.1, 0.15) is 0 Å². The molecular weight excluding hydrogens is 833 g/mol. The molecule has 52 heavy (non-hydrogen) atoms. The van der Waals surface area contributed by atoms with E-state index < -0.39 is 22.1 Å². The predicted octanol–water partition coefficient (Wildman–Crippen LogP) is 13.7. The van der Waals surface area contributed by atoms with E-state index in [-0.39, 0.29) is 41.7 Å². The Morgan fingerprint density at radius 1 is 0.250 bits per heavy atom. The van der Waals surface area contributed by atoms with Crippen LogP contribution < -0.4 is 14.7 Å². The van der Waals surface area contributed by atoms with Gasteiger partial charge in [-0.05, 0) is 75.5 Å². The van der Waals surface area contributed by atoms with E-state index in [1.54, 1.807) is 0 Å². The van der Waals surface area contributed by atoms with Gasteiger partial charge in [0, 0.05) is 22.1 Å². The fourth-order valence-corrected chi connectivity index (χ4v) is 11.0. The zero-order chi connectivity index (χ0) is 39.0. The maximum atomic E-state index is 11.7. The van der Waals surface area contributed by atoms with Crippen LogP contribution in [0.5, 0.6) is 0 Å². The molecule has 10 heteroatoms. The minimum Gasteiger partial charge on any atom is -0.799 e. The van der Waals surface area contributed by atoms with Crippen molar-refractivity contribution in [2.45, 2.75) is 234 Å². The van der Waals surface area contributed by atoms with Gasteiger partial charge >= 0.3 is 41.7 Å². The zero-order valence-corrected chi connectivity index (χ0v) is 41.6. The summed E-state index contributed by atoms with van der Waals surface area (Å²) in [6.07, 6.45) is 36.1. The zero-order valence-electron chi connectivity index (χ0n) is 35.7. The van der Waals surface area contributed by atoms with Crippen LogP contribution in [0.1, 0.15) is 234 Å². The Morgan fingerprint density at radius 2 is 0.365 bits per heavy atom. The van der Waals surface area contributed by atoms with Crippen molar-refractivity contribution in [1.29, 1.82) is 0 Å². The second-order valence-corrected chi connectivity index (χ2v) is 22.8. The number of hydrogen-bond acceptors (Lipinski definition) is 6. The summed E-state index contributed by atoms with van der Waals surface area (Å²) in [4.78, 5) is 35.2. The first-order valence-corrected chi connectivity index (χ1v) is 28.2. The van der Waals surface area contributed by atoms with Gasteiger partial charge in [0.2, 0.25) is 0 Å². The summed E-state index contributed by atoms with van der Waals surface area (Å²) in [5.74, 6) is 0. The number of unbranched alkanes of at least 4 members (excludes halogenated alkanes) is 24. The van der Waals surface area contributed by atoms with Crippen LogP contribution in [-0.2, 0) is 13.7 Å². The van der Waals surface area contributed by atoms with Crippen LogP contribution in [0.3, 0.4) is 0 Å². The summed E-state index contributed by atoms with van der Waals surface area (Å²) >= 11 is 0. The third kappa shape index (κ3) is 54.0. The quantitative estimate of drug-likeness (QED) is 0.0456. The van der Waals surface area contributed by atoms with Crippen molar-refractivity contribution in [1.82, 2.24) is 0 Å². The van der Waals surface area contributed by atoms with Gasteiger partial charge in [-0.3, -0.25) is 0 Å². The van der Waals surface area contributed by atoms with Crippen molar-refractivity contribution in [3.8, 4) is 0 Å². The average molecular weight is 924 g/mol. The first kappa shape index (κ1) is 60.6. The van der Waals surface area contributed by atoms with Gasteiger partial charge in [0.05, 0.1) is 0 Å². The third-order valence-corrected chi connectivity index (χ3v) is 15.6. The predicted molar refractivity (Wildman–Crippen MR) is 225 cm³/mol. The Morgan fingerprint density at radius 3 is 0.481 bits per heavy atom. The SMILES string of the molecule is CCCCCCCP(=O)([O-])CCCCCCC.CCCCCCCP(=O)([O-])CCCCCCC.CCCCCCCP(=O)([O-])CCCCCCC.[Ce+3]. The summed E-state index contributed by atoms with van der Waals surface area (Å²) < 4.78 is 35.2. The molecule has 0 saturated heterocycles. The van der Waals surface area contributed by atoms with E-state index in [9.17, 15) is 28.4 Å². The van der Waals surface area contributed by atoms with Gasteiger partial charge in [-0.2, -0.15) is 0 Å².